The highest BCUT2D eigenvalue weighted by molar-refractivity contribution is 5.74. The normalized spacial score (nSPS) is 19.1. The van der Waals surface area contributed by atoms with Gasteiger partial charge >= 0.3 is 6.03 Å². The van der Waals surface area contributed by atoms with E-state index in [0.29, 0.717) is 13.0 Å². The van der Waals surface area contributed by atoms with Gasteiger partial charge in [0, 0.05) is 25.2 Å². The smallest absolute Gasteiger partial charge is 0.315 e. The van der Waals surface area contributed by atoms with Gasteiger partial charge in [-0.25, -0.2) is 4.79 Å². The summed E-state index contributed by atoms with van der Waals surface area (Å²) in [4.78, 5) is 12.1. The Labute approximate surface area is 141 Å². The van der Waals surface area contributed by atoms with E-state index in [1.54, 1.807) is 0 Å². The lowest BCUT2D eigenvalue weighted by Crippen LogP contribution is -2.41. The average Bonchev–Trinajstić information content (AvgIpc) is 3.03. The Hall–Kier alpha value is -2.34. The van der Waals surface area contributed by atoms with Gasteiger partial charge in [-0.2, -0.15) is 5.10 Å². The number of aliphatic hydroxyl groups is 1. The molecule has 0 unspecified atom stereocenters. The van der Waals surface area contributed by atoms with Crippen molar-refractivity contribution >= 4 is 6.03 Å². The molecule has 0 fully saturated rings. The number of fused-ring (bicyclic) bond motifs is 1. The van der Waals surface area contributed by atoms with Gasteiger partial charge in [-0.15, -0.1) is 0 Å². The Morgan fingerprint density at radius 1 is 1.38 bits per heavy atom. The lowest BCUT2D eigenvalue weighted by atomic mass is 10.1. The van der Waals surface area contributed by atoms with Crippen LogP contribution in [0.3, 0.4) is 0 Å². The zero-order valence-electron chi connectivity index (χ0n) is 14.1. The standard InChI is InChI=1S/C18H24N4O2/c1-12-10-13(2)22(21-12)9-5-8-19-18(24)20-17-15-7-4-3-6-14(15)11-16(17)23/h3-4,6-7,10,16-17,23H,5,8-9,11H2,1-2H3,(H2,19,20,24)/t16-,17+/m1/s1. The second kappa shape index (κ2) is 7.05. The summed E-state index contributed by atoms with van der Waals surface area (Å²) in [7, 11) is 0. The Balaban J connectivity index is 1.45. The molecule has 1 aliphatic carbocycles. The van der Waals surface area contributed by atoms with E-state index in [-0.39, 0.29) is 12.1 Å². The number of urea groups is 1. The molecule has 2 atom stereocenters. The van der Waals surface area contributed by atoms with Gasteiger partial charge in [0.15, 0.2) is 0 Å². The van der Waals surface area contributed by atoms with E-state index in [4.69, 9.17) is 0 Å². The molecule has 2 aromatic rings. The molecular formula is C18H24N4O2. The van der Waals surface area contributed by atoms with Gasteiger partial charge in [0.1, 0.15) is 0 Å². The number of aryl methyl sites for hydroxylation is 3. The van der Waals surface area contributed by atoms with Gasteiger partial charge in [-0.1, -0.05) is 24.3 Å². The molecule has 0 spiro atoms. The van der Waals surface area contributed by atoms with E-state index in [0.717, 1.165) is 35.5 Å². The molecule has 128 valence electrons. The zero-order valence-corrected chi connectivity index (χ0v) is 14.1. The molecule has 1 heterocycles. The van der Waals surface area contributed by atoms with E-state index >= 15 is 0 Å². The zero-order chi connectivity index (χ0) is 17.1. The number of hydrogen-bond donors (Lipinski definition) is 3. The Morgan fingerprint density at radius 2 is 2.17 bits per heavy atom. The van der Waals surface area contributed by atoms with Gasteiger partial charge in [0.05, 0.1) is 17.8 Å². The largest absolute Gasteiger partial charge is 0.390 e. The van der Waals surface area contributed by atoms with Crippen LogP contribution in [0.5, 0.6) is 0 Å². The molecular weight excluding hydrogens is 304 g/mol. The fraction of sp³-hybridized carbons (Fsp3) is 0.444. The van der Waals surface area contributed by atoms with E-state index in [1.807, 2.05) is 48.9 Å². The first-order chi connectivity index (χ1) is 11.5. The van der Waals surface area contributed by atoms with Crippen molar-refractivity contribution < 1.29 is 9.90 Å². The van der Waals surface area contributed by atoms with Gasteiger partial charge in [0.25, 0.3) is 0 Å². The summed E-state index contributed by atoms with van der Waals surface area (Å²) in [5, 5.41) is 20.3. The molecule has 3 rings (SSSR count). The van der Waals surface area contributed by atoms with Crippen LogP contribution in [0, 0.1) is 13.8 Å². The van der Waals surface area contributed by atoms with E-state index in [1.165, 1.54) is 0 Å². The molecule has 1 aromatic heterocycles. The summed E-state index contributed by atoms with van der Waals surface area (Å²) in [6, 6.07) is 9.29. The summed E-state index contributed by atoms with van der Waals surface area (Å²) < 4.78 is 1.95. The molecule has 1 aromatic carbocycles. The minimum absolute atomic E-state index is 0.246. The van der Waals surface area contributed by atoms with Crippen molar-refractivity contribution in [1.29, 1.82) is 0 Å². The minimum atomic E-state index is -0.567. The molecule has 3 N–H and O–H groups in total. The SMILES string of the molecule is Cc1cc(C)n(CCCNC(=O)N[C@H]2c3ccccc3C[C@H]2O)n1. The van der Waals surface area contributed by atoms with Crippen LogP contribution in [0.15, 0.2) is 30.3 Å². The number of carbonyl (C=O) groups is 1. The summed E-state index contributed by atoms with van der Waals surface area (Å²) in [5.74, 6) is 0. The highest BCUT2D eigenvalue weighted by Gasteiger charge is 2.31. The number of amides is 2. The fourth-order valence-corrected chi connectivity index (χ4v) is 3.27. The Morgan fingerprint density at radius 3 is 2.92 bits per heavy atom. The van der Waals surface area contributed by atoms with Crippen molar-refractivity contribution in [3.8, 4) is 0 Å². The van der Waals surface area contributed by atoms with Crippen LogP contribution in [0.25, 0.3) is 0 Å². The maximum atomic E-state index is 12.1. The van der Waals surface area contributed by atoms with Crippen LogP contribution in [-0.4, -0.2) is 33.6 Å². The van der Waals surface area contributed by atoms with Crippen molar-refractivity contribution in [3.63, 3.8) is 0 Å². The molecule has 24 heavy (non-hydrogen) atoms. The fourth-order valence-electron chi connectivity index (χ4n) is 3.27. The third-order valence-electron chi connectivity index (χ3n) is 4.43. The van der Waals surface area contributed by atoms with Gasteiger partial charge in [-0.05, 0) is 37.5 Å². The number of aliphatic hydroxyl groups excluding tert-OH is 1. The van der Waals surface area contributed by atoms with E-state index in [2.05, 4.69) is 15.7 Å². The number of carbonyl (C=O) groups excluding carboxylic acids is 1. The lowest BCUT2D eigenvalue weighted by Gasteiger charge is -2.18. The third kappa shape index (κ3) is 3.59. The van der Waals surface area contributed by atoms with Gasteiger partial charge in [-0.3, -0.25) is 4.68 Å². The van der Waals surface area contributed by atoms with Crippen molar-refractivity contribution in [2.24, 2.45) is 0 Å². The first-order valence-corrected chi connectivity index (χ1v) is 8.36. The maximum Gasteiger partial charge on any atom is 0.315 e. The predicted molar refractivity (Wildman–Crippen MR) is 91.7 cm³/mol. The molecule has 0 saturated carbocycles. The summed E-state index contributed by atoms with van der Waals surface area (Å²) >= 11 is 0. The number of rotatable bonds is 5. The third-order valence-corrected chi connectivity index (χ3v) is 4.43. The van der Waals surface area contributed by atoms with Crippen molar-refractivity contribution in [1.82, 2.24) is 20.4 Å². The number of benzene rings is 1. The number of hydrogen-bond acceptors (Lipinski definition) is 3. The summed E-state index contributed by atoms with van der Waals surface area (Å²) in [6.45, 7) is 5.34. The van der Waals surface area contributed by atoms with Gasteiger partial charge in [0.2, 0.25) is 0 Å². The van der Waals surface area contributed by atoms with Crippen molar-refractivity contribution in [3.05, 3.63) is 52.8 Å². The topological polar surface area (TPSA) is 79.2 Å². The first-order valence-electron chi connectivity index (χ1n) is 8.36. The minimum Gasteiger partial charge on any atom is -0.390 e. The van der Waals surface area contributed by atoms with Crippen LogP contribution in [0.4, 0.5) is 4.79 Å². The molecule has 6 nitrogen and oxygen atoms in total. The highest BCUT2D eigenvalue weighted by atomic mass is 16.3. The molecule has 2 amide bonds. The summed E-state index contributed by atoms with van der Waals surface area (Å²) in [5.41, 5.74) is 4.23. The van der Waals surface area contributed by atoms with E-state index < -0.39 is 6.10 Å². The second-order valence-corrected chi connectivity index (χ2v) is 6.35. The number of nitrogens with zero attached hydrogens (tertiary/aromatic N) is 2. The molecule has 0 aliphatic heterocycles. The monoisotopic (exact) mass is 328 g/mol. The molecule has 6 heteroatoms. The average molecular weight is 328 g/mol. The predicted octanol–water partition coefficient (Wildman–Crippen LogP) is 1.85. The molecule has 0 saturated heterocycles. The van der Waals surface area contributed by atoms with Gasteiger partial charge < -0.3 is 15.7 Å². The van der Waals surface area contributed by atoms with Crippen LogP contribution in [-0.2, 0) is 13.0 Å². The van der Waals surface area contributed by atoms with Crippen LogP contribution < -0.4 is 10.6 Å². The molecule has 0 radical (unpaired) electrons. The molecule has 0 bridgehead atoms. The Bertz CT molecular complexity index is 726. The maximum absolute atomic E-state index is 12.1. The van der Waals surface area contributed by atoms with Crippen LogP contribution in [0.2, 0.25) is 0 Å². The van der Waals surface area contributed by atoms with Crippen molar-refractivity contribution in [2.45, 2.75) is 45.4 Å². The second-order valence-electron chi connectivity index (χ2n) is 6.35. The Kier molecular flexibility index (Phi) is 4.85. The molecule has 1 aliphatic rings. The summed E-state index contributed by atoms with van der Waals surface area (Å²) in [6.07, 6.45) is 0.820. The highest BCUT2D eigenvalue weighted by Crippen LogP contribution is 2.30. The van der Waals surface area contributed by atoms with Crippen LogP contribution in [0.1, 0.15) is 35.0 Å². The van der Waals surface area contributed by atoms with Crippen LogP contribution >= 0.6 is 0 Å². The quantitative estimate of drug-likeness (QED) is 0.733. The first kappa shape index (κ1) is 16.5. The number of nitrogens with one attached hydrogen (secondary N) is 2. The number of aromatic nitrogens is 2. The lowest BCUT2D eigenvalue weighted by molar-refractivity contribution is 0.142. The van der Waals surface area contributed by atoms with E-state index in [9.17, 15) is 9.90 Å². The van der Waals surface area contributed by atoms with Crippen molar-refractivity contribution in [2.75, 3.05) is 6.54 Å².